The Bertz CT molecular complexity index is 459. The van der Waals surface area contributed by atoms with Crippen molar-refractivity contribution in [3.8, 4) is 9.75 Å². The summed E-state index contributed by atoms with van der Waals surface area (Å²) in [5.41, 5.74) is 5.92. The summed E-state index contributed by atoms with van der Waals surface area (Å²) in [6.07, 6.45) is 0. The zero-order chi connectivity index (χ0) is 10.1. The van der Waals surface area contributed by atoms with Crippen LogP contribution in [-0.4, -0.2) is 11.1 Å². The molecule has 0 bridgehead atoms. The van der Waals surface area contributed by atoms with E-state index in [0.717, 1.165) is 9.75 Å². The zero-order valence-electron chi connectivity index (χ0n) is 7.06. The molecular weight excluding hydrogens is 218 g/mol. The van der Waals surface area contributed by atoms with Gasteiger partial charge in [0.05, 0.1) is 5.69 Å². The molecule has 14 heavy (non-hydrogen) atoms. The second-order valence-corrected chi connectivity index (χ2v) is 4.68. The fourth-order valence-corrected chi connectivity index (χ4v) is 2.86. The van der Waals surface area contributed by atoms with E-state index in [-0.39, 0.29) is 4.88 Å². The Morgan fingerprint density at radius 1 is 1.43 bits per heavy atom. The van der Waals surface area contributed by atoms with Crippen molar-refractivity contribution >= 4 is 34.3 Å². The first-order valence-corrected chi connectivity index (χ1v) is 5.54. The van der Waals surface area contributed by atoms with Crippen LogP contribution in [0.3, 0.4) is 0 Å². The standard InChI is InChI=1S/C9H7NO2S2/c10-5-4-7(6-2-1-3-13-6)14-8(5)9(11)12/h1-4H,10H2,(H,11,12). The number of aromatic carboxylic acids is 1. The Morgan fingerprint density at radius 2 is 2.21 bits per heavy atom. The Balaban J connectivity index is 2.48. The Kier molecular flexibility index (Phi) is 2.26. The number of carboxylic acids is 1. The van der Waals surface area contributed by atoms with E-state index in [0.29, 0.717) is 5.69 Å². The van der Waals surface area contributed by atoms with Gasteiger partial charge in [-0.1, -0.05) is 6.07 Å². The number of hydrogen-bond donors (Lipinski definition) is 2. The molecule has 0 aliphatic carbocycles. The molecule has 0 saturated heterocycles. The summed E-state index contributed by atoms with van der Waals surface area (Å²) in [6, 6.07) is 5.58. The van der Waals surface area contributed by atoms with Crippen molar-refractivity contribution in [3.63, 3.8) is 0 Å². The van der Waals surface area contributed by atoms with Crippen LogP contribution in [0.15, 0.2) is 23.6 Å². The molecule has 0 saturated carbocycles. The lowest BCUT2D eigenvalue weighted by Crippen LogP contribution is -1.96. The van der Waals surface area contributed by atoms with E-state index in [9.17, 15) is 4.79 Å². The molecule has 0 amide bonds. The second-order valence-electron chi connectivity index (χ2n) is 2.68. The minimum atomic E-state index is -0.963. The van der Waals surface area contributed by atoms with Crippen LogP contribution in [0.5, 0.6) is 0 Å². The highest BCUT2D eigenvalue weighted by molar-refractivity contribution is 7.22. The molecule has 3 N–H and O–H groups in total. The molecule has 0 unspecified atom stereocenters. The van der Waals surface area contributed by atoms with Gasteiger partial charge in [0.25, 0.3) is 0 Å². The van der Waals surface area contributed by atoms with Crippen molar-refractivity contribution in [1.82, 2.24) is 0 Å². The van der Waals surface area contributed by atoms with Gasteiger partial charge in [-0.05, 0) is 17.5 Å². The smallest absolute Gasteiger partial charge is 0.348 e. The minimum absolute atomic E-state index is 0.216. The first-order valence-electron chi connectivity index (χ1n) is 3.85. The normalized spacial score (nSPS) is 10.3. The number of hydrogen-bond acceptors (Lipinski definition) is 4. The average molecular weight is 225 g/mol. The number of rotatable bonds is 2. The number of carbonyl (C=O) groups is 1. The third kappa shape index (κ3) is 1.51. The molecule has 0 atom stereocenters. The molecule has 2 aromatic heterocycles. The average Bonchev–Trinajstić information content (AvgIpc) is 2.70. The molecule has 0 spiro atoms. The lowest BCUT2D eigenvalue weighted by molar-refractivity contribution is 0.0703. The van der Waals surface area contributed by atoms with Gasteiger partial charge in [-0.15, -0.1) is 22.7 Å². The molecule has 2 aromatic rings. The maximum Gasteiger partial charge on any atom is 0.348 e. The predicted molar refractivity (Wildman–Crippen MR) is 59.0 cm³/mol. The van der Waals surface area contributed by atoms with E-state index in [1.54, 1.807) is 17.4 Å². The molecule has 0 aliphatic rings. The van der Waals surface area contributed by atoms with E-state index < -0.39 is 5.97 Å². The maximum atomic E-state index is 10.7. The van der Waals surface area contributed by atoms with Gasteiger partial charge in [0.1, 0.15) is 4.88 Å². The van der Waals surface area contributed by atoms with E-state index >= 15 is 0 Å². The van der Waals surface area contributed by atoms with Crippen LogP contribution >= 0.6 is 22.7 Å². The monoisotopic (exact) mass is 225 g/mol. The molecule has 0 fully saturated rings. The van der Waals surface area contributed by atoms with Crippen LogP contribution in [0.1, 0.15) is 9.67 Å². The summed E-state index contributed by atoms with van der Waals surface area (Å²) >= 11 is 2.78. The zero-order valence-corrected chi connectivity index (χ0v) is 8.69. The number of anilines is 1. The Labute approximate surface area is 88.4 Å². The lowest BCUT2D eigenvalue weighted by atomic mass is 10.3. The van der Waals surface area contributed by atoms with Crippen LogP contribution in [-0.2, 0) is 0 Å². The molecule has 0 aliphatic heterocycles. The third-order valence-corrected chi connectivity index (χ3v) is 3.92. The van der Waals surface area contributed by atoms with E-state index in [1.807, 2.05) is 17.5 Å². The fraction of sp³-hybridized carbons (Fsp3) is 0. The minimum Gasteiger partial charge on any atom is -0.477 e. The summed E-state index contributed by atoms with van der Waals surface area (Å²) in [5.74, 6) is -0.963. The van der Waals surface area contributed by atoms with Gasteiger partial charge in [0.2, 0.25) is 0 Å². The summed E-state index contributed by atoms with van der Waals surface area (Å²) in [6.45, 7) is 0. The molecule has 0 aromatic carbocycles. The summed E-state index contributed by atoms with van der Waals surface area (Å²) in [4.78, 5) is 12.9. The van der Waals surface area contributed by atoms with Crippen LogP contribution in [0.2, 0.25) is 0 Å². The van der Waals surface area contributed by atoms with Gasteiger partial charge in [-0.3, -0.25) is 0 Å². The van der Waals surface area contributed by atoms with Gasteiger partial charge in [-0.25, -0.2) is 4.79 Å². The third-order valence-electron chi connectivity index (χ3n) is 1.72. The molecule has 3 nitrogen and oxygen atoms in total. The predicted octanol–water partition coefficient (Wildman–Crippen LogP) is 2.76. The summed E-state index contributed by atoms with van der Waals surface area (Å²) in [5, 5.41) is 10.8. The van der Waals surface area contributed by atoms with Crippen LogP contribution in [0.4, 0.5) is 5.69 Å². The number of thiophene rings is 2. The van der Waals surface area contributed by atoms with E-state index in [2.05, 4.69) is 0 Å². The number of nitrogen functional groups attached to an aromatic ring is 1. The topological polar surface area (TPSA) is 63.3 Å². The molecule has 0 radical (unpaired) electrons. The SMILES string of the molecule is Nc1cc(-c2cccs2)sc1C(=O)O. The van der Waals surface area contributed by atoms with Crippen molar-refractivity contribution in [2.75, 3.05) is 5.73 Å². The van der Waals surface area contributed by atoms with E-state index in [1.165, 1.54) is 11.3 Å². The highest BCUT2D eigenvalue weighted by atomic mass is 32.1. The Morgan fingerprint density at radius 3 is 2.71 bits per heavy atom. The van der Waals surface area contributed by atoms with Gasteiger partial charge in [0, 0.05) is 9.75 Å². The van der Waals surface area contributed by atoms with Crippen LogP contribution in [0.25, 0.3) is 9.75 Å². The van der Waals surface area contributed by atoms with Crippen molar-refractivity contribution < 1.29 is 9.90 Å². The van der Waals surface area contributed by atoms with Gasteiger partial charge in [0.15, 0.2) is 0 Å². The number of carboxylic acid groups (broad SMARTS) is 1. The summed E-state index contributed by atoms with van der Waals surface area (Å²) in [7, 11) is 0. The van der Waals surface area contributed by atoms with E-state index in [4.69, 9.17) is 10.8 Å². The quantitative estimate of drug-likeness (QED) is 0.826. The molecule has 5 heteroatoms. The van der Waals surface area contributed by atoms with Crippen LogP contribution < -0.4 is 5.73 Å². The lowest BCUT2D eigenvalue weighted by Gasteiger charge is -1.87. The van der Waals surface area contributed by atoms with Crippen molar-refractivity contribution in [2.24, 2.45) is 0 Å². The first kappa shape index (κ1) is 9.23. The van der Waals surface area contributed by atoms with Gasteiger partial charge in [-0.2, -0.15) is 0 Å². The van der Waals surface area contributed by atoms with Crippen molar-refractivity contribution in [3.05, 3.63) is 28.5 Å². The van der Waals surface area contributed by atoms with Crippen LogP contribution in [0, 0.1) is 0 Å². The van der Waals surface area contributed by atoms with Crippen molar-refractivity contribution in [2.45, 2.75) is 0 Å². The van der Waals surface area contributed by atoms with Gasteiger partial charge < -0.3 is 10.8 Å². The Hall–Kier alpha value is -1.33. The fourth-order valence-electron chi connectivity index (χ4n) is 1.11. The first-order chi connectivity index (χ1) is 6.68. The molecule has 2 rings (SSSR count). The molecular formula is C9H7NO2S2. The number of nitrogens with two attached hydrogens (primary N) is 1. The van der Waals surface area contributed by atoms with Crippen molar-refractivity contribution in [1.29, 1.82) is 0 Å². The second kappa shape index (κ2) is 3.43. The largest absolute Gasteiger partial charge is 0.477 e. The maximum absolute atomic E-state index is 10.7. The highest BCUT2D eigenvalue weighted by Crippen LogP contribution is 2.35. The molecule has 2 heterocycles. The van der Waals surface area contributed by atoms with Gasteiger partial charge >= 0.3 is 5.97 Å². The highest BCUT2D eigenvalue weighted by Gasteiger charge is 2.14. The molecule has 72 valence electrons. The summed E-state index contributed by atoms with van der Waals surface area (Å²) < 4.78 is 0.